The maximum Gasteiger partial charge on any atom is 0.168 e. The van der Waals surface area contributed by atoms with Gasteiger partial charge in [-0.05, 0) is 19.9 Å². The van der Waals surface area contributed by atoms with Crippen LogP contribution in [0.5, 0.6) is 5.75 Å². The molecule has 1 unspecified atom stereocenters. The number of benzene rings is 1. The van der Waals surface area contributed by atoms with E-state index < -0.39 is 29.5 Å². The SMILES string of the molecule is CC(NC[C@@H](C)O)c1cc(F)cc(F)c1O. The molecular formula is C11H15F2NO2. The monoisotopic (exact) mass is 231 g/mol. The zero-order valence-electron chi connectivity index (χ0n) is 9.17. The first-order valence-corrected chi connectivity index (χ1v) is 5.01. The van der Waals surface area contributed by atoms with Crippen LogP contribution in [0.15, 0.2) is 12.1 Å². The topological polar surface area (TPSA) is 52.5 Å². The lowest BCUT2D eigenvalue weighted by Crippen LogP contribution is -2.27. The average Bonchev–Trinajstić information content (AvgIpc) is 2.19. The molecule has 0 aliphatic carbocycles. The fourth-order valence-corrected chi connectivity index (χ4v) is 1.37. The van der Waals surface area contributed by atoms with Crippen LogP contribution in [-0.2, 0) is 0 Å². The summed E-state index contributed by atoms with van der Waals surface area (Å²) >= 11 is 0. The minimum Gasteiger partial charge on any atom is -0.505 e. The number of aromatic hydroxyl groups is 1. The van der Waals surface area contributed by atoms with Crippen LogP contribution in [0.4, 0.5) is 8.78 Å². The summed E-state index contributed by atoms with van der Waals surface area (Å²) in [4.78, 5) is 0. The lowest BCUT2D eigenvalue weighted by atomic mass is 10.1. The van der Waals surface area contributed by atoms with E-state index in [9.17, 15) is 13.9 Å². The van der Waals surface area contributed by atoms with Gasteiger partial charge in [0.1, 0.15) is 5.82 Å². The maximum absolute atomic E-state index is 13.0. The van der Waals surface area contributed by atoms with Crippen LogP contribution in [0.2, 0.25) is 0 Å². The summed E-state index contributed by atoms with van der Waals surface area (Å²) in [5.74, 6) is -2.29. The first-order chi connectivity index (χ1) is 7.41. The van der Waals surface area contributed by atoms with Crippen molar-refractivity contribution in [3.63, 3.8) is 0 Å². The average molecular weight is 231 g/mol. The number of nitrogens with one attached hydrogen (secondary N) is 1. The number of aliphatic hydroxyl groups is 1. The van der Waals surface area contributed by atoms with Gasteiger partial charge in [0.2, 0.25) is 0 Å². The standard InChI is InChI=1S/C11H15F2NO2/c1-6(15)5-14-7(2)9-3-8(12)4-10(13)11(9)16/h3-4,6-7,14-16H,5H2,1-2H3/t6-,7?/m1/s1. The van der Waals surface area contributed by atoms with Crippen LogP contribution in [-0.4, -0.2) is 22.9 Å². The molecule has 16 heavy (non-hydrogen) atoms. The fourth-order valence-electron chi connectivity index (χ4n) is 1.37. The molecule has 0 saturated heterocycles. The lowest BCUT2D eigenvalue weighted by Gasteiger charge is -2.17. The van der Waals surface area contributed by atoms with Crippen molar-refractivity contribution in [3.8, 4) is 5.75 Å². The molecule has 0 aliphatic heterocycles. The first-order valence-electron chi connectivity index (χ1n) is 5.01. The van der Waals surface area contributed by atoms with Gasteiger partial charge in [0.15, 0.2) is 11.6 Å². The number of hydrogen-bond donors (Lipinski definition) is 3. The van der Waals surface area contributed by atoms with Crippen molar-refractivity contribution in [2.75, 3.05) is 6.54 Å². The molecule has 0 spiro atoms. The van der Waals surface area contributed by atoms with Crippen LogP contribution >= 0.6 is 0 Å². The molecule has 0 heterocycles. The van der Waals surface area contributed by atoms with E-state index in [1.165, 1.54) is 0 Å². The third-order valence-corrected chi connectivity index (χ3v) is 2.24. The normalized spacial score (nSPS) is 14.8. The first kappa shape index (κ1) is 12.9. The van der Waals surface area contributed by atoms with Gasteiger partial charge in [0.05, 0.1) is 6.10 Å². The van der Waals surface area contributed by atoms with Crippen molar-refractivity contribution in [2.24, 2.45) is 0 Å². The van der Waals surface area contributed by atoms with Gasteiger partial charge in [-0.15, -0.1) is 0 Å². The highest BCUT2D eigenvalue weighted by Gasteiger charge is 2.15. The smallest absolute Gasteiger partial charge is 0.168 e. The number of phenolic OH excluding ortho intramolecular Hbond substituents is 1. The minimum absolute atomic E-state index is 0.137. The molecule has 0 aliphatic rings. The molecule has 0 saturated carbocycles. The maximum atomic E-state index is 13.0. The molecule has 1 rings (SSSR count). The summed E-state index contributed by atoms with van der Waals surface area (Å²) in [7, 11) is 0. The fraction of sp³-hybridized carbons (Fsp3) is 0.455. The molecule has 0 bridgehead atoms. The molecule has 0 fully saturated rings. The predicted molar refractivity (Wildman–Crippen MR) is 56.1 cm³/mol. The molecule has 3 N–H and O–H groups in total. The zero-order chi connectivity index (χ0) is 12.3. The van der Waals surface area contributed by atoms with Gasteiger partial charge >= 0.3 is 0 Å². The highest BCUT2D eigenvalue weighted by molar-refractivity contribution is 5.36. The van der Waals surface area contributed by atoms with Gasteiger partial charge in [-0.2, -0.15) is 0 Å². The number of aliphatic hydroxyl groups excluding tert-OH is 1. The van der Waals surface area contributed by atoms with E-state index in [-0.39, 0.29) is 12.1 Å². The van der Waals surface area contributed by atoms with Crippen molar-refractivity contribution >= 4 is 0 Å². The summed E-state index contributed by atoms with van der Waals surface area (Å²) in [5.41, 5.74) is 0.137. The second kappa shape index (κ2) is 5.23. The number of rotatable bonds is 4. The molecule has 1 aromatic rings. The third kappa shape index (κ3) is 3.15. The molecule has 0 amide bonds. The van der Waals surface area contributed by atoms with E-state index in [0.717, 1.165) is 6.07 Å². The van der Waals surface area contributed by atoms with Crippen LogP contribution in [0.25, 0.3) is 0 Å². The quantitative estimate of drug-likeness (QED) is 0.739. The van der Waals surface area contributed by atoms with Crippen molar-refractivity contribution < 1.29 is 19.0 Å². The Labute approximate surface area is 92.7 Å². The molecule has 90 valence electrons. The molecule has 0 radical (unpaired) electrons. The Hall–Kier alpha value is -1.20. The molecule has 3 nitrogen and oxygen atoms in total. The zero-order valence-corrected chi connectivity index (χ0v) is 9.17. The third-order valence-electron chi connectivity index (χ3n) is 2.24. The van der Waals surface area contributed by atoms with Gasteiger partial charge in [-0.3, -0.25) is 0 Å². The number of hydrogen-bond acceptors (Lipinski definition) is 3. The van der Waals surface area contributed by atoms with E-state index in [1.54, 1.807) is 13.8 Å². The lowest BCUT2D eigenvalue weighted by molar-refractivity contribution is 0.187. The van der Waals surface area contributed by atoms with Gasteiger partial charge < -0.3 is 15.5 Å². The molecule has 2 atom stereocenters. The predicted octanol–water partition coefficient (Wildman–Crippen LogP) is 1.70. The number of phenols is 1. The van der Waals surface area contributed by atoms with E-state index in [1.807, 2.05) is 0 Å². The van der Waals surface area contributed by atoms with Crippen molar-refractivity contribution in [2.45, 2.75) is 26.0 Å². The highest BCUT2D eigenvalue weighted by Crippen LogP contribution is 2.27. The Kier molecular flexibility index (Phi) is 4.20. The van der Waals surface area contributed by atoms with Gasteiger partial charge in [0.25, 0.3) is 0 Å². The molecule has 0 aromatic heterocycles. The summed E-state index contributed by atoms with van der Waals surface area (Å²) in [6.45, 7) is 3.51. The summed E-state index contributed by atoms with van der Waals surface area (Å²) < 4.78 is 26.0. The Balaban J connectivity index is 2.86. The van der Waals surface area contributed by atoms with Crippen molar-refractivity contribution in [3.05, 3.63) is 29.3 Å². The Morgan fingerprint density at radius 1 is 1.31 bits per heavy atom. The van der Waals surface area contributed by atoms with Gasteiger partial charge in [-0.1, -0.05) is 0 Å². The number of halogens is 2. The van der Waals surface area contributed by atoms with E-state index in [4.69, 9.17) is 5.11 Å². The molecular weight excluding hydrogens is 216 g/mol. The van der Waals surface area contributed by atoms with Crippen molar-refractivity contribution in [1.29, 1.82) is 0 Å². The second-order valence-electron chi connectivity index (χ2n) is 3.80. The Bertz CT molecular complexity index is 369. The van der Waals surface area contributed by atoms with Crippen LogP contribution in [0.3, 0.4) is 0 Å². The highest BCUT2D eigenvalue weighted by atomic mass is 19.1. The summed E-state index contributed by atoms with van der Waals surface area (Å²) in [5, 5.41) is 21.3. The van der Waals surface area contributed by atoms with Crippen LogP contribution in [0, 0.1) is 11.6 Å². The minimum atomic E-state index is -0.985. The largest absolute Gasteiger partial charge is 0.505 e. The summed E-state index contributed by atoms with van der Waals surface area (Å²) in [6.07, 6.45) is -0.567. The Morgan fingerprint density at radius 2 is 1.94 bits per heavy atom. The van der Waals surface area contributed by atoms with Crippen molar-refractivity contribution in [1.82, 2.24) is 5.32 Å². The second-order valence-corrected chi connectivity index (χ2v) is 3.80. The molecule has 1 aromatic carbocycles. The van der Waals surface area contributed by atoms with Crippen LogP contribution in [0.1, 0.15) is 25.5 Å². The molecule has 5 heteroatoms. The van der Waals surface area contributed by atoms with E-state index >= 15 is 0 Å². The van der Waals surface area contributed by atoms with Gasteiger partial charge in [-0.25, -0.2) is 8.78 Å². The Morgan fingerprint density at radius 3 is 2.50 bits per heavy atom. The summed E-state index contributed by atoms with van der Waals surface area (Å²) in [6, 6.07) is 1.25. The van der Waals surface area contributed by atoms with E-state index in [2.05, 4.69) is 5.32 Å². The van der Waals surface area contributed by atoms with E-state index in [0.29, 0.717) is 6.07 Å². The van der Waals surface area contributed by atoms with Crippen LogP contribution < -0.4 is 5.32 Å². The van der Waals surface area contributed by atoms with Gasteiger partial charge in [0, 0.05) is 24.2 Å².